The van der Waals surface area contributed by atoms with Gasteiger partial charge in [-0.1, -0.05) is 29.9 Å². The van der Waals surface area contributed by atoms with Gasteiger partial charge in [0.1, 0.15) is 5.82 Å². The molecule has 1 aromatic rings. The molecule has 0 atom stereocenters. The van der Waals surface area contributed by atoms with Gasteiger partial charge in [0.25, 0.3) is 0 Å². The quantitative estimate of drug-likeness (QED) is 0.623. The molecule has 0 aliphatic rings. The summed E-state index contributed by atoms with van der Waals surface area (Å²) >= 11 is 10.5. The van der Waals surface area contributed by atoms with Gasteiger partial charge in [0.05, 0.1) is 11.4 Å². The summed E-state index contributed by atoms with van der Waals surface area (Å²) in [5.41, 5.74) is 5.54. The summed E-state index contributed by atoms with van der Waals surface area (Å²) in [4.78, 5) is 12.0. The first-order valence-corrected chi connectivity index (χ1v) is 6.27. The maximum absolute atomic E-state index is 13.4. The first-order chi connectivity index (χ1) is 8.50. The fraction of sp³-hybridized carbons (Fsp3) is 0.333. The minimum atomic E-state index is -0.471. The summed E-state index contributed by atoms with van der Waals surface area (Å²) < 4.78 is 13.4. The molecule has 1 amide bonds. The molecule has 0 heterocycles. The molecule has 0 radical (unpaired) electrons. The summed E-state index contributed by atoms with van der Waals surface area (Å²) in [6.07, 6.45) is 1.18. The van der Waals surface area contributed by atoms with Crippen molar-refractivity contribution in [2.75, 3.05) is 6.54 Å². The number of hydrogen-bond acceptors (Lipinski definition) is 2. The second-order valence-electron chi connectivity index (χ2n) is 3.80. The smallest absolute Gasteiger partial charge is 0.224 e. The highest BCUT2D eigenvalue weighted by Crippen LogP contribution is 2.19. The fourth-order valence-corrected chi connectivity index (χ4v) is 1.79. The largest absolute Gasteiger partial charge is 0.393 e. The number of hydrogen-bond donors (Lipinski definition) is 2. The van der Waals surface area contributed by atoms with Crippen LogP contribution in [0.25, 0.3) is 0 Å². The van der Waals surface area contributed by atoms with E-state index in [0.717, 1.165) is 0 Å². The van der Waals surface area contributed by atoms with Crippen molar-refractivity contribution in [1.29, 1.82) is 0 Å². The lowest BCUT2D eigenvalue weighted by molar-refractivity contribution is -0.120. The minimum Gasteiger partial charge on any atom is -0.393 e. The van der Waals surface area contributed by atoms with Crippen molar-refractivity contribution in [3.05, 3.63) is 34.6 Å². The molecular formula is C12H14ClFN2OS. The SMILES string of the molecule is NC(=S)CCCNC(=O)Cc1c(F)cccc1Cl. The first kappa shape index (κ1) is 14.9. The van der Waals surface area contributed by atoms with Crippen LogP contribution in [0.15, 0.2) is 18.2 Å². The zero-order valence-corrected chi connectivity index (χ0v) is 11.3. The maximum Gasteiger partial charge on any atom is 0.224 e. The van der Waals surface area contributed by atoms with Crippen LogP contribution in [0.3, 0.4) is 0 Å². The highest BCUT2D eigenvalue weighted by Gasteiger charge is 2.11. The maximum atomic E-state index is 13.4. The van der Waals surface area contributed by atoms with Crippen LogP contribution < -0.4 is 11.1 Å². The van der Waals surface area contributed by atoms with Gasteiger partial charge in [0, 0.05) is 17.1 Å². The van der Waals surface area contributed by atoms with E-state index in [0.29, 0.717) is 24.4 Å². The Morgan fingerprint density at radius 2 is 2.22 bits per heavy atom. The van der Waals surface area contributed by atoms with Crippen LogP contribution in [0.4, 0.5) is 4.39 Å². The molecule has 0 bridgehead atoms. The monoisotopic (exact) mass is 288 g/mol. The van der Waals surface area contributed by atoms with Crippen molar-refractivity contribution < 1.29 is 9.18 Å². The zero-order chi connectivity index (χ0) is 13.5. The van der Waals surface area contributed by atoms with E-state index >= 15 is 0 Å². The molecule has 0 aromatic heterocycles. The number of rotatable bonds is 6. The van der Waals surface area contributed by atoms with Gasteiger partial charge < -0.3 is 11.1 Å². The lowest BCUT2D eigenvalue weighted by Crippen LogP contribution is -2.27. The second-order valence-corrected chi connectivity index (χ2v) is 4.73. The standard InChI is InChI=1S/C12H14ClFN2OS/c13-9-3-1-4-10(14)8(9)7-12(17)16-6-2-5-11(15)18/h1,3-4H,2,5-7H2,(H2,15,18)(H,16,17). The predicted molar refractivity (Wildman–Crippen MR) is 74.1 cm³/mol. The van der Waals surface area contributed by atoms with Crippen molar-refractivity contribution in [1.82, 2.24) is 5.32 Å². The molecular weight excluding hydrogens is 275 g/mol. The highest BCUT2D eigenvalue weighted by atomic mass is 35.5. The van der Waals surface area contributed by atoms with Crippen LogP contribution >= 0.6 is 23.8 Å². The molecule has 6 heteroatoms. The molecule has 98 valence electrons. The van der Waals surface area contributed by atoms with E-state index in [4.69, 9.17) is 29.6 Å². The van der Waals surface area contributed by atoms with E-state index in [1.165, 1.54) is 12.1 Å². The van der Waals surface area contributed by atoms with Crippen molar-refractivity contribution >= 4 is 34.7 Å². The number of carbonyl (C=O) groups is 1. The Labute approximate surface area is 115 Å². The molecule has 0 aliphatic heterocycles. The topological polar surface area (TPSA) is 55.1 Å². The summed E-state index contributed by atoms with van der Waals surface area (Å²) in [5, 5.41) is 2.92. The van der Waals surface area contributed by atoms with Crippen LogP contribution in [0, 0.1) is 5.82 Å². The molecule has 1 rings (SSSR count). The molecule has 0 spiro atoms. The van der Waals surface area contributed by atoms with Crippen molar-refractivity contribution in [2.45, 2.75) is 19.3 Å². The Balaban J connectivity index is 2.43. The molecule has 0 saturated heterocycles. The van der Waals surface area contributed by atoms with E-state index in [2.05, 4.69) is 5.32 Å². The third-order valence-corrected chi connectivity index (χ3v) is 2.88. The number of benzene rings is 1. The van der Waals surface area contributed by atoms with Crippen molar-refractivity contribution in [2.24, 2.45) is 5.73 Å². The molecule has 0 aliphatic carbocycles. The van der Waals surface area contributed by atoms with Crippen LogP contribution in [0.1, 0.15) is 18.4 Å². The van der Waals surface area contributed by atoms with Gasteiger partial charge in [-0.3, -0.25) is 4.79 Å². The number of nitrogens with two attached hydrogens (primary N) is 1. The molecule has 0 unspecified atom stereocenters. The Bertz CT molecular complexity index is 433. The zero-order valence-electron chi connectivity index (χ0n) is 9.71. The Morgan fingerprint density at radius 1 is 1.50 bits per heavy atom. The fourth-order valence-electron chi connectivity index (χ4n) is 1.41. The number of thiocarbonyl (C=S) groups is 1. The number of amides is 1. The van der Waals surface area contributed by atoms with E-state index in [-0.39, 0.29) is 22.9 Å². The van der Waals surface area contributed by atoms with Crippen LogP contribution in [-0.2, 0) is 11.2 Å². The van der Waals surface area contributed by atoms with Crippen LogP contribution in [0.5, 0.6) is 0 Å². The van der Waals surface area contributed by atoms with Gasteiger partial charge in [-0.15, -0.1) is 0 Å². The summed E-state index contributed by atoms with van der Waals surface area (Å²) in [6, 6.07) is 4.34. The Hall–Kier alpha value is -1.20. The van der Waals surface area contributed by atoms with E-state index < -0.39 is 5.82 Å². The minimum absolute atomic E-state index is 0.0709. The summed E-state index contributed by atoms with van der Waals surface area (Å²) in [5.74, 6) is -0.745. The van der Waals surface area contributed by atoms with Gasteiger partial charge in [-0.25, -0.2) is 4.39 Å². The van der Waals surface area contributed by atoms with Crippen molar-refractivity contribution in [3.8, 4) is 0 Å². The molecule has 18 heavy (non-hydrogen) atoms. The normalized spacial score (nSPS) is 10.1. The Kier molecular flexibility index (Phi) is 6.01. The Morgan fingerprint density at radius 3 is 2.83 bits per heavy atom. The van der Waals surface area contributed by atoms with Gasteiger partial charge in [-0.05, 0) is 25.0 Å². The van der Waals surface area contributed by atoms with Gasteiger partial charge >= 0.3 is 0 Å². The molecule has 0 fully saturated rings. The lowest BCUT2D eigenvalue weighted by Gasteiger charge is -2.07. The molecule has 3 nitrogen and oxygen atoms in total. The highest BCUT2D eigenvalue weighted by molar-refractivity contribution is 7.80. The number of carbonyl (C=O) groups excluding carboxylic acids is 1. The van der Waals surface area contributed by atoms with Crippen LogP contribution in [-0.4, -0.2) is 17.4 Å². The second kappa shape index (κ2) is 7.28. The van der Waals surface area contributed by atoms with Gasteiger partial charge in [-0.2, -0.15) is 0 Å². The van der Waals surface area contributed by atoms with Crippen LogP contribution in [0.2, 0.25) is 5.02 Å². The summed E-state index contributed by atoms with van der Waals surface area (Å²) in [7, 11) is 0. The molecule has 1 aromatic carbocycles. The third kappa shape index (κ3) is 4.98. The summed E-state index contributed by atoms with van der Waals surface area (Å²) in [6.45, 7) is 0.461. The lowest BCUT2D eigenvalue weighted by atomic mass is 10.1. The third-order valence-electron chi connectivity index (χ3n) is 2.32. The average molecular weight is 289 g/mol. The molecule has 3 N–H and O–H groups in total. The van der Waals surface area contributed by atoms with Gasteiger partial charge in [0.2, 0.25) is 5.91 Å². The predicted octanol–water partition coefficient (Wildman–Crippen LogP) is 2.20. The van der Waals surface area contributed by atoms with Gasteiger partial charge in [0.15, 0.2) is 0 Å². The molecule has 0 saturated carbocycles. The van der Waals surface area contributed by atoms with Crippen molar-refractivity contribution in [3.63, 3.8) is 0 Å². The van der Waals surface area contributed by atoms with E-state index in [9.17, 15) is 9.18 Å². The van der Waals surface area contributed by atoms with E-state index in [1.807, 2.05) is 0 Å². The average Bonchev–Trinajstić information content (AvgIpc) is 2.29. The number of halogens is 2. The van der Waals surface area contributed by atoms with E-state index in [1.54, 1.807) is 6.07 Å². The first-order valence-electron chi connectivity index (χ1n) is 5.48. The number of nitrogens with one attached hydrogen (secondary N) is 1.